The van der Waals surface area contributed by atoms with Crippen LogP contribution in [0.15, 0.2) is 30.6 Å². The predicted octanol–water partition coefficient (Wildman–Crippen LogP) is 5.16. The molecule has 2 aromatic rings. The van der Waals surface area contributed by atoms with Crippen LogP contribution in [0.25, 0.3) is 0 Å². The molecule has 1 aromatic heterocycles. The number of Topliss-reactive ketones (excluding diaryl/α,β-unsaturated/α-hetero) is 1. The van der Waals surface area contributed by atoms with E-state index in [1.165, 1.54) is 25.4 Å². The third kappa shape index (κ3) is 5.48. The maximum Gasteiger partial charge on any atom is 0.416 e. The number of benzene rings is 1. The summed E-state index contributed by atoms with van der Waals surface area (Å²) in [5.74, 6) is -0.430. The van der Waals surface area contributed by atoms with Crippen molar-refractivity contribution in [3.8, 4) is 0 Å². The summed E-state index contributed by atoms with van der Waals surface area (Å²) >= 11 is 0. The molecule has 184 valence electrons. The number of rotatable bonds is 7. The first-order chi connectivity index (χ1) is 16.2. The van der Waals surface area contributed by atoms with E-state index in [0.29, 0.717) is 44.1 Å². The van der Waals surface area contributed by atoms with Crippen LogP contribution in [0.1, 0.15) is 56.2 Å². The van der Waals surface area contributed by atoms with Crippen LogP contribution in [-0.2, 0) is 15.7 Å². The number of alkyl halides is 3. The van der Waals surface area contributed by atoms with Gasteiger partial charge >= 0.3 is 6.18 Å². The summed E-state index contributed by atoms with van der Waals surface area (Å²) in [6, 6.07) is 4.08. The SMILES string of the molecule is CC(=O)C(CC1CCOCC1)Nc1ncnc(N2CCCC2c2ccc(C(F)(F)F)cc2)c1F. The van der Waals surface area contributed by atoms with Crippen LogP contribution < -0.4 is 10.2 Å². The topological polar surface area (TPSA) is 67.3 Å². The molecule has 2 saturated heterocycles. The molecule has 6 nitrogen and oxygen atoms in total. The first kappa shape index (κ1) is 24.4. The Morgan fingerprint density at radius 1 is 1.18 bits per heavy atom. The second kappa shape index (κ2) is 10.2. The summed E-state index contributed by atoms with van der Waals surface area (Å²) < 4.78 is 59.7. The Morgan fingerprint density at radius 3 is 2.53 bits per heavy atom. The fourth-order valence-electron chi connectivity index (χ4n) is 4.73. The Kier molecular flexibility index (Phi) is 7.35. The van der Waals surface area contributed by atoms with Crippen molar-refractivity contribution in [2.24, 2.45) is 5.92 Å². The summed E-state index contributed by atoms with van der Waals surface area (Å²) in [4.78, 5) is 22.2. The van der Waals surface area contributed by atoms with Crippen molar-refractivity contribution in [2.75, 3.05) is 30.0 Å². The number of carbonyl (C=O) groups is 1. The fourth-order valence-corrected chi connectivity index (χ4v) is 4.73. The molecule has 10 heteroatoms. The minimum absolute atomic E-state index is 0.0460. The number of ether oxygens (including phenoxy) is 1. The largest absolute Gasteiger partial charge is 0.416 e. The van der Waals surface area contributed by atoms with Crippen LogP contribution in [0.2, 0.25) is 0 Å². The first-order valence-electron chi connectivity index (χ1n) is 11.5. The molecule has 0 amide bonds. The summed E-state index contributed by atoms with van der Waals surface area (Å²) in [5, 5.41) is 2.97. The van der Waals surface area contributed by atoms with E-state index in [2.05, 4.69) is 15.3 Å². The molecule has 1 N–H and O–H groups in total. The highest BCUT2D eigenvalue weighted by molar-refractivity contribution is 5.84. The average molecular weight is 481 g/mol. The van der Waals surface area contributed by atoms with Crippen molar-refractivity contribution in [2.45, 2.75) is 57.3 Å². The quantitative estimate of drug-likeness (QED) is 0.552. The number of nitrogens with one attached hydrogen (secondary N) is 1. The molecule has 2 atom stereocenters. The average Bonchev–Trinajstić information content (AvgIpc) is 3.29. The number of anilines is 2. The van der Waals surface area contributed by atoms with E-state index >= 15 is 4.39 Å². The Morgan fingerprint density at radius 2 is 1.88 bits per heavy atom. The first-order valence-corrected chi connectivity index (χ1v) is 11.5. The number of aromatic nitrogens is 2. The van der Waals surface area contributed by atoms with Gasteiger partial charge in [0, 0.05) is 19.8 Å². The lowest BCUT2D eigenvalue weighted by Gasteiger charge is -2.28. The minimum atomic E-state index is -4.41. The Balaban J connectivity index is 1.53. The van der Waals surface area contributed by atoms with Crippen LogP contribution in [0.3, 0.4) is 0 Å². The molecule has 2 aliphatic heterocycles. The molecule has 0 bridgehead atoms. The van der Waals surface area contributed by atoms with E-state index < -0.39 is 23.6 Å². The lowest BCUT2D eigenvalue weighted by Crippen LogP contribution is -2.33. The molecule has 34 heavy (non-hydrogen) atoms. The van der Waals surface area contributed by atoms with Crippen LogP contribution in [0, 0.1) is 11.7 Å². The van der Waals surface area contributed by atoms with E-state index in [1.807, 2.05) is 0 Å². The molecule has 4 rings (SSSR count). The second-order valence-electron chi connectivity index (χ2n) is 8.93. The number of halogens is 4. The highest BCUT2D eigenvalue weighted by Gasteiger charge is 2.33. The van der Waals surface area contributed by atoms with Gasteiger partial charge in [0.05, 0.1) is 17.6 Å². The predicted molar refractivity (Wildman–Crippen MR) is 119 cm³/mol. The van der Waals surface area contributed by atoms with Gasteiger partial charge in [-0.25, -0.2) is 9.97 Å². The maximum absolute atomic E-state index is 15.5. The van der Waals surface area contributed by atoms with Gasteiger partial charge in [-0.3, -0.25) is 4.79 Å². The number of hydrogen-bond donors (Lipinski definition) is 1. The molecule has 1 aromatic carbocycles. The lowest BCUT2D eigenvalue weighted by atomic mass is 9.91. The van der Waals surface area contributed by atoms with Gasteiger partial charge in [-0.15, -0.1) is 0 Å². The van der Waals surface area contributed by atoms with Crippen molar-refractivity contribution >= 4 is 17.4 Å². The fraction of sp³-hybridized carbons (Fsp3) is 0.542. The van der Waals surface area contributed by atoms with Crippen molar-refractivity contribution in [1.82, 2.24) is 9.97 Å². The van der Waals surface area contributed by atoms with Gasteiger partial charge in [0.2, 0.25) is 5.82 Å². The van der Waals surface area contributed by atoms with E-state index in [0.717, 1.165) is 31.4 Å². The van der Waals surface area contributed by atoms with Crippen molar-refractivity contribution < 1.29 is 27.1 Å². The van der Waals surface area contributed by atoms with E-state index in [9.17, 15) is 18.0 Å². The van der Waals surface area contributed by atoms with Gasteiger partial charge < -0.3 is 15.0 Å². The third-order valence-corrected chi connectivity index (χ3v) is 6.63. The number of ketones is 1. The van der Waals surface area contributed by atoms with E-state index in [1.54, 1.807) is 4.90 Å². The zero-order chi connectivity index (χ0) is 24.3. The zero-order valence-electron chi connectivity index (χ0n) is 18.9. The third-order valence-electron chi connectivity index (χ3n) is 6.63. The maximum atomic E-state index is 15.5. The van der Waals surface area contributed by atoms with Gasteiger partial charge in [0.1, 0.15) is 6.33 Å². The summed E-state index contributed by atoms with van der Waals surface area (Å²) in [6.07, 6.45) is 0.515. The molecule has 0 saturated carbocycles. The molecule has 2 fully saturated rings. The van der Waals surface area contributed by atoms with Gasteiger partial charge in [-0.05, 0) is 62.6 Å². The molecule has 2 aliphatic rings. The Hall–Kier alpha value is -2.75. The number of carbonyl (C=O) groups excluding carboxylic acids is 1. The van der Waals surface area contributed by atoms with Crippen LogP contribution in [0.4, 0.5) is 29.2 Å². The molecule has 0 spiro atoms. The Bertz CT molecular complexity index is 993. The van der Waals surface area contributed by atoms with Crippen LogP contribution >= 0.6 is 0 Å². The smallest absolute Gasteiger partial charge is 0.381 e. The number of hydrogen-bond acceptors (Lipinski definition) is 6. The number of nitrogens with zero attached hydrogens (tertiary/aromatic N) is 3. The highest BCUT2D eigenvalue weighted by Crippen LogP contribution is 2.38. The van der Waals surface area contributed by atoms with Crippen molar-refractivity contribution in [3.63, 3.8) is 0 Å². The standard InChI is InChI=1S/C24H28F4N4O2/c1-15(33)19(13-16-8-11-34-12-9-16)31-22-21(25)23(30-14-29-22)32-10-2-3-20(32)17-4-6-18(7-5-17)24(26,27)28/h4-7,14,16,19-20H,2-3,8-13H2,1H3,(H,29,30,31). The van der Waals surface area contributed by atoms with E-state index in [-0.39, 0.29) is 23.5 Å². The minimum Gasteiger partial charge on any atom is -0.381 e. The normalized spacial score (nSPS) is 20.4. The molecule has 2 unspecified atom stereocenters. The summed E-state index contributed by atoms with van der Waals surface area (Å²) in [5.41, 5.74) is -0.0561. The van der Waals surface area contributed by atoms with Gasteiger partial charge in [-0.2, -0.15) is 17.6 Å². The molecular formula is C24H28F4N4O2. The molecular weight excluding hydrogens is 452 g/mol. The van der Waals surface area contributed by atoms with Gasteiger partial charge in [0.15, 0.2) is 17.4 Å². The van der Waals surface area contributed by atoms with Crippen LogP contribution in [-0.4, -0.2) is 41.6 Å². The molecule has 0 radical (unpaired) electrons. The van der Waals surface area contributed by atoms with Crippen molar-refractivity contribution in [3.05, 3.63) is 47.5 Å². The highest BCUT2D eigenvalue weighted by atomic mass is 19.4. The second-order valence-corrected chi connectivity index (χ2v) is 8.93. The van der Waals surface area contributed by atoms with Gasteiger partial charge in [-0.1, -0.05) is 12.1 Å². The molecule has 0 aliphatic carbocycles. The summed E-state index contributed by atoms with van der Waals surface area (Å²) in [6.45, 7) is 3.29. The van der Waals surface area contributed by atoms with Gasteiger partial charge in [0.25, 0.3) is 0 Å². The molecule has 3 heterocycles. The zero-order valence-corrected chi connectivity index (χ0v) is 18.9. The monoisotopic (exact) mass is 480 g/mol. The van der Waals surface area contributed by atoms with Crippen molar-refractivity contribution in [1.29, 1.82) is 0 Å². The van der Waals surface area contributed by atoms with Crippen LogP contribution in [0.5, 0.6) is 0 Å². The lowest BCUT2D eigenvalue weighted by molar-refractivity contribution is -0.137. The summed E-state index contributed by atoms with van der Waals surface area (Å²) in [7, 11) is 0. The Labute approximate surface area is 195 Å². The van der Waals surface area contributed by atoms with E-state index in [4.69, 9.17) is 4.74 Å².